The van der Waals surface area contributed by atoms with Gasteiger partial charge in [-0.3, -0.25) is 4.79 Å². The largest absolute Gasteiger partial charge is 0.481 e. The van der Waals surface area contributed by atoms with Gasteiger partial charge < -0.3 is 9.84 Å². The number of thioether (sulfide) groups is 1. The van der Waals surface area contributed by atoms with Crippen molar-refractivity contribution in [1.82, 2.24) is 4.98 Å². The quantitative estimate of drug-likeness (QED) is 0.474. The lowest BCUT2D eigenvalue weighted by molar-refractivity contribution is -0.137. The number of ether oxygens (including phenoxy) is 1. The van der Waals surface area contributed by atoms with Crippen molar-refractivity contribution in [2.75, 3.05) is 0 Å². The number of carboxylic acids is 1. The minimum atomic E-state index is -0.726. The molecule has 0 saturated carbocycles. The zero-order chi connectivity index (χ0) is 19.3. The first-order valence-electron chi connectivity index (χ1n) is 9.33. The van der Waals surface area contributed by atoms with Crippen LogP contribution in [-0.4, -0.2) is 16.1 Å². The predicted molar refractivity (Wildman–Crippen MR) is 113 cm³/mol. The van der Waals surface area contributed by atoms with E-state index >= 15 is 0 Å². The molecule has 4 rings (SSSR count). The normalized spacial score (nSPS) is 15.8. The van der Waals surface area contributed by atoms with E-state index in [2.05, 4.69) is 12.1 Å². The fourth-order valence-electron chi connectivity index (χ4n) is 3.42. The average molecular weight is 412 g/mol. The van der Waals surface area contributed by atoms with Gasteiger partial charge in [-0.05, 0) is 49.1 Å². The highest BCUT2D eigenvalue weighted by Gasteiger charge is 2.26. The van der Waals surface area contributed by atoms with E-state index < -0.39 is 5.97 Å². The monoisotopic (exact) mass is 411 g/mol. The maximum absolute atomic E-state index is 11.1. The van der Waals surface area contributed by atoms with Gasteiger partial charge in [0.1, 0.15) is 11.5 Å². The molecule has 0 aliphatic heterocycles. The van der Waals surface area contributed by atoms with Crippen molar-refractivity contribution in [3.05, 3.63) is 70.7 Å². The zero-order valence-electron chi connectivity index (χ0n) is 15.3. The number of aliphatic carboxylic acids is 1. The van der Waals surface area contributed by atoms with Crippen LogP contribution in [0, 0.1) is 0 Å². The highest BCUT2D eigenvalue weighted by Crippen LogP contribution is 2.41. The van der Waals surface area contributed by atoms with Crippen LogP contribution in [0.5, 0.6) is 11.5 Å². The van der Waals surface area contributed by atoms with Crippen LogP contribution in [0.1, 0.15) is 41.3 Å². The molecule has 0 amide bonds. The first-order chi connectivity index (χ1) is 13.7. The molecule has 0 radical (unpaired) electrons. The number of benzene rings is 2. The summed E-state index contributed by atoms with van der Waals surface area (Å²) in [6.07, 6.45) is 3.14. The maximum Gasteiger partial charge on any atom is 0.303 e. The summed E-state index contributed by atoms with van der Waals surface area (Å²) < 4.78 is 6.94. The number of aryl methyl sites for hydroxylation is 1. The second-order valence-corrected chi connectivity index (χ2v) is 9.08. The molecule has 4 nitrogen and oxygen atoms in total. The van der Waals surface area contributed by atoms with Gasteiger partial charge in [-0.25, -0.2) is 4.98 Å². The molecule has 1 heterocycles. The van der Waals surface area contributed by atoms with Crippen LogP contribution in [0.3, 0.4) is 0 Å². The first kappa shape index (κ1) is 19.0. The molecule has 0 fully saturated rings. The molecule has 3 aromatic rings. The van der Waals surface area contributed by atoms with Gasteiger partial charge in [0.25, 0.3) is 0 Å². The van der Waals surface area contributed by atoms with Crippen molar-refractivity contribution in [2.45, 2.75) is 41.7 Å². The van der Waals surface area contributed by atoms with Crippen molar-refractivity contribution in [3.63, 3.8) is 0 Å². The second-order valence-electron chi connectivity index (χ2n) is 6.83. The summed E-state index contributed by atoms with van der Waals surface area (Å²) >= 11 is 3.38. The molecule has 6 heteroatoms. The van der Waals surface area contributed by atoms with E-state index in [1.165, 1.54) is 10.4 Å². The van der Waals surface area contributed by atoms with Crippen LogP contribution in [0.2, 0.25) is 0 Å². The van der Waals surface area contributed by atoms with Gasteiger partial charge in [0.05, 0.1) is 12.1 Å². The Balaban J connectivity index is 1.42. The summed E-state index contributed by atoms with van der Waals surface area (Å²) in [6, 6.07) is 17.9. The Kier molecular flexibility index (Phi) is 5.98. The minimum absolute atomic E-state index is 0.121. The highest BCUT2D eigenvalue weighted by molar-refractivity contribution is 8.00. The van der Waals surface area contributed by atoms with Crippen LogP contribution < -0.4 is 4.74 Å². The van der Waals surface area contributed by atoms with E-state index in [-0.39, 0.29) is 12.3 Å². The molecule has 1 aromatic heterocycles. The number of hydrogen-bond acceptors (Lipinski definition) is 5. The molecule has 1 atom stereocenters. The van der Waals surface area contributed by atoms with E-state index in [4.69, 9.17) is 14.8 Å². The summed E-state index contributed by atoms with van der Waals surface area (Å²) in [7, 11) is 0. The van der Waals surface area contributed by atoms with E-state index in [0.717, 1.165) is 46.5 Å². The van der Waals surface area contributed by atoms with Gasteiger partial charge in [0.2, 0.25) is 0 Å². The number of fused-ring (bicyclic) bond motifs is 1. The van der Waals surface area contributed by atoms with Gasteiger partial charge in [-0.1, -0.05) is 42.1 Å². The van der Waals surface area contributed by atoms with Crippen LogP contribution in [0.15, 0.2) is 58.9 Å². The molecule has 1 aliphatic rings. The lowest BCUT2D eigenvalue weighted by Crippen LogP contribution is -2.11. The number of rotatable bonds is 7. The fourth-order valence-corrected chi connectivity index (χ4v) is 5.73. The van der Waals surface area contributed by atoms with Crippen molar-refractivity contribution in [1.29, 1.82) is 0 Å². The average Bonchev–Trinajstić information content (AvgIpc) is 3.11. The third-order valence-corrected chi connectivity index (χ3v) is 7.18. The van der Waals surface area contributed by atoms with Crippen molar-refractivity contribution in [3.8, 4) is 11.5 Å². The Bertz CT molecular complexity index is 955. The van der Waals surface area contributed by atoms with E-state index in [1.807, 2.05) is 42.5 Å². The smallest absolute Gasteiger partial charge is 0.303 e. The van der Waals surface area contributed by atoms with Gasteiger partial charge >= 0.3 is 5.97 Å². The molecular weight excluding hydrogens is 390 g/mol. The highest BCUT2D eigenvalue weighted by atomic mass is 32.2. The van der Waals surface area contributed by atoms with Crippen LogP contribution in [0.25, 0.3) is 0 Å². The lowest BCUT2D eigenvalue weighted by Gasteiger charge is -2.18. The molecule has 1 unspecified atom stereocenters. The molecular formula is C22H21NO3S2. The number of para-hydroxylation sites is 1. The van der Waals surface area contributed by atoms with E-state index in [9.17, 15) is 4.79 Å². The SMILES string of the molecule is O=C(O)CC1CCCc2nc(SCc3cccc(Oc4ccccc4)c3)sc21. The number of carbonyl (C=O) groups is 1. The van der Waals surface area contributed by atoms with E-state index in [1.54, 1.807) is 23.1 Å². The van der Waals surface area contributed by atoms with E-state index in [0.29, 0.717) is 0 Å². The van der Waals surface area contributed by atoms with Gasteiger partial charge in [0.15, 0.2) is 4.34 Å². The second kappa shape index (κ2) is 8.80. The number of carboxylic acid groups (broad SMARTS) is 1. The Hall–Kier alpha value is -2.31. The summed E-state index contributed by atoms with van der Waals surface area (Å²) in [5, 5.41) is 9.15. The summed E-state index contributed by atoms with van der Waals surface area (Å²) in [5.74, 6) is 1.85. The topological polar surface area (TPSA) is 59.4 Å². The van der Waals surface area contributed by atoms with Crippen molar-refractivity contribution < 1.29 is 14.6 Å². The Morgan fingerprint density at radius 1 is 1.18 bits per heavy atom. The molecule has 1 N–H and O–H groups in total. The Morgan fingerprint density at radius 3 is 2.82 bits per heavy atom. The first-order valence-corrected chi connectivity index (χ1v) is 11.1. The molecule has 0 spiro atoms. The Labute approximate surface area is 172 Å². The van der Waals surface area contributed by atoms with Crippen LogP contribution >= 0.6 is 23.1 Å². The van der Waals surface area contributed by atoms with Crippen LogP contribution in [-0.2, 0) is 17.0 Å². The number of thiazole rings is 1. The van der Waals surface area contributed by atoms with Crippen molar-refractivity contribution >= 4 is 29.1 Å². The molecule has 1 aliphatic carbocycles. The summed E-state index contributed by atoms with van der Waals surface area (Å²) in [5.41, 5.74) is 2.28. The number of aromatic nitrogens is 1. The van der Waals surface area contributed by atoms with Gasteiger partial charge in [-0.15, -0.1) is 11.3 Å². The molecule has 28 heavy (non-hydrogen) atoms. The maximum atomic E-state index is 11.1. The lowest BCUT2D eigenvalue weighted by atomic mass is 9.89. The number of hydrogen-bond donors (Lipinski definition) is 1. The molecule has 0 saturated heterocycles. The summed E-state index contributed by atoms with van der Waals surface area (Å²) in [6.45, 7) is 0. The third-order valence-electron chi connectivity index (χ3n) is 4.71. The third kappa shape index (κ3) is 4.75. The molecule has 2 aromatic carbocycles. The van der Waals surface area contributed by atoms with Gasteiger partial charge in [0, 0.05) is 16.5 Å². The molecule has 144 valence electrons. The predicted octanol–water partition coefficient (Wildman–Crippen LogP) is 6.12. The molecule has 0 bridgehead atoms. The zero-order valence-corrected chi connectivity index (χ0v) is 17.0. The minimum Gasteiger partial charge on any atom is -0.481 e. The standard InChI is InChI=1S/C22H21NO3S2/c24-20(25)13-16-7-5-11-19-21(16)28-22(23-19)27-14-15-6-4-10-18(12-15)26-17-8-2-1-3-9-17/h1-4,6,8-10,12,16H,5,7,11,13-14H2,(H,24,25). The summed E-state index contributed by atoms with van der Waals surface area (Å²) in [4.78, 5) is 17.1. The van der Waals surface area contributed by atoms with Gasteiger partial charge in [-0.2, -0.15) is 0 Å². The number of nitrogens with zero attached hydrogens (tertiary/aromatic N) is 1. The van der Waals surface area contributed by atoms with Crippen LogP contribution in [0.4, 0.5) is 0 Å². The Morgan fingerprint density at radius 2 is 2.00 bits per heavy atom. The fraction of sp³-hybridized carbons (Fsp3) is 0.273. The van der Waals surface area contributed by atoms with Crippen molar-refractivity contribution in [2.24, 2.45) is 0 Å².